The number of carbonyl (C=O) groups is 3. The van der Waals surface area contributed by atoms with Crippen LogP contribution in [0.1, 0.15) is 58.7 Å². The van der Waals surface area contributed by atoms with E-state index >= 15 is 0 Å². The highest BCUT2D eigenvalue weighted by molar-refractivity contribution is 7.18. The van der Waals surface area contributed by atoms with Crippen molar-refractivity contribution in [2.75, 3.05) is 44.7 Å². The SMILES string of the molecule is CCOC(=O)c1sc(NC(=O)N2CC[C@H](N3CCCC3)C2)c(C(=O)OCC)c1C. The van der Waals surface area contributed by atoms with Crippen LogP contribution in [0, 0.1) is 6.92 Å². The molecule has 0 radical (unpaired) electrons. The third-order valence-corrected chi connectivity index (χ3v) is 6.60. The van der Waals surface area contributed by atoms with Crippen LogP contribution in [0.25, 0.3) is 0 Å². The van der Waals surface area contributed by atoms with Gasteiger partial charge in [-0.05, 0) is 58.7 Å². The number of urea groups is 1. The number of ether oxygens (including phenoxy) is 2. The number of amides is 2. The lowest BCUT2D eigenvalue weighted by Crippen LogP contribution is -2.38. The van der Waals surface area contributed by atoms with Crippen LogP contribution in [0.4, 0.5) is 9.80 Å². The summed E-state index contributed by atoms with van der Waals surface area (Å²) in [6.07, 6.45) is 3.39. The molecule has 1 aromatic heterocycles. The predicted molar refractivity (Wildman–Crippen MR) is 111 cm³/mol. The fraction of sp³-hybridized carbons (Fsp3) is 0.650. The van der Waals surface area contributed by atoms with Crippen LogP contribution in [-0.4, -0.2) is 73.2 Å². The normalized spacial score (nSPS) is 19.4. The first-order valence-corrected chi connectivity index (χ1v) is 11.1. The number of carbonyl (C=O) groups excluding carboxylic acids is 3. The minimum atomic E-state index is -0.552. The van der Waals surface area contributed by atoms with Crippen LogP contribution < -0.4 is 5.32 Å². The van der Waals surface area contributed by atoms with Crippen molar-refractivity contribution < 1.29 is 23.9 Å². The van der Waals surface area contributed by atoms with Gasteiger partial charge in [0.1, 0.15) is 9.88 Å². The maximum atomic E-state index is 12.9. The van der Waals surface area contributed by atoms with E-state index in [0.717, 1.165) is 30.8 Å². The number of nitrogens with one attached hydrogen (secondary N) is 1. The van der Waals surface area contributed by atoms with Crippen molar-refractivity contribution in [3.63, 3.8) is 0 Å². The van der Waals surface area contributed by atoms with Crippen LogP contribution in [0.5, 0.6) is 0 Å². The van der Waals surface area contributed by atoms with Crippen molar-refractivity contribution in [1.82, 2.24) is 9.80 Å². The molecule has 2 amide bonds. The molecule has 160 valence electrons. The number of esters is 2. The number of likely N-dealkylation sites (tertiary alicyclic amines) is 2. The van der Waals surface area contributed by atoms with E-state index in [1.165, 1.54) is 12.8 Å². The van der Waals surface area contributed by atoms with E-state index < -0.39 is 11.9 Å². The van der Waals surface area contributed by atoms with E-state index in [-0.39, 0.29) is 24.8 Å². The zero-order valence-electron chi connectivity index (χ0n) is 17.3. The fourth-order valence-corrected chi connectivity index (χ4v) is 5.03. The standard InChI is InChI=1S/C20H29N3O5S/c1-4-27-18(24)15-13(3)16(19(25)28-5-2)29-17(15)21-20(26)23-11-8-14(12-23)22-9-6-7-10-22/h14H,4-12H2,1-3H3,(H,21,26)/t14-/m0/s1. The van der Waals surface area contributed by atoms with Crippen LogP contribution in [0.15, 0.2) is 0 Å². The van der Waals surface area contributed by atoms with Gasteiger partial charge in [0.2, 0.25) is 0 Å². The molecule has 0 aliphatic carbocycles. The summed E-state index contributed by atoms with van der Waals surface area (Å²) in [7, 11) is 0. The summed E-state index contributed by atoms with van der Waals surface area (Å²) in [6, 6.07) is 0.141. The number of rotatable bonds is 6. The van der Waals surface area contributed by atoms with E-state index in [1.807, 2.05) is 0 Å². The molecule has 1 N–H and O–H groups in total. The summed E-state index contributed by atoms with van der Waals surface area (Å²) in [5, 5.41) is 3.17. The van der Waals surface area contributed by atoms with Crippen molar-refractivity contribution in [2.24, 2.45) is 0 Å². The zero-order valence-corrected chi connectivity index (χ0v) is 18.1. The monoisotopic (exact) mass is 423 g/mol. The molecule has 3 heterocycles. The molecule has 0 aromatic carbocycles. The first kappa shape index (κ1) is 21.6. The molecule has 0 spiro atoms. The van der Waals surface area contributed by atoms with Gasteiger partial charge in [-0.2, -0.15) is 0 Å². The van der Waals surface area contributed by atoms with Gasteiger partial charge in [0.25, 0.3) is 0 Å². The smallest absolute Gasteiger partial charge is 0.348 e. The molecular formula is C20H29N3O5S. The molecule has 0 bridgehead atoms. The van der Waals surface area contributed by atoms with E-state index in [4.69, 9.17) is 9.47 Å². The van der Waals surface area contributed by atoms with Gasteiger partial charge in [-0.15, -0.1) is 11.3 Å². The van der Waals surface area contributed by atoms with Gasteiger partial charge in [0.15, 0.2) is 0 Å². The topological polar surface area (TPSA) is 88.2 Å². The molecule has 0 saturated carbocycles. The molecule has 2 aliphatic rings. The minimum Gasteiger partial charge on any atom is -0.462 e. The van der Waals surface area contributed by atoms with E-state index in [0.29, 0.717) is 34.6 Å². The number of anilines is 1. The van der Waals surface area contributed by atoms with Gasteiger partial charge in [-0.1, -0.05) is 0 Å². The van der Waals surface area contributed by atoms with Gasteiger partial charge in [0.05, 0.1) is 18.8 Å². The number of thiophene rings is 1. The summed E-state index contributed by atoms with van der Waals surface area (Å²) in [5.41, 5.74) is 0.696. The lowest BCUT2D eigenvalue weighted by Gasteiger charge is -2.23. The molecule has 2 aliphatic heterocycles. The summed E-state index contributed by atoms with van der Waals surface area (Å²) in [4.78, 5) is 42.1. The Morgan fingerprint density at radius 1 is 1.07 bits per heavy atom. The molecule has 9 heteroatoms. The van der Waals surface area contributed by atoms with Gasteiger partial charge in [0, 0.05) is 19.1 Å². The highest BCUT2D eigenvalue weighted by Gasteiger charge is 2.33. The van der Waals surface area contributed by atoms with Gasteiger partial charge in [-0.25, -0.2) is 14.4 Å². The molecule has 2 fully saturated rings. The predicted octanol–water partition coefficient (Wildman–Crippen LogP) is 3.11. The molecule has 3 rings (SSSR count). The lowest BCUT2D eigenvalue weighted by atomic mass is 10.1. The second-order valence-corrected chi connectivity index (χ2v) is 8.28. The first-order valence-electron chi connectivity index (χ1n) is 10.2. The maximum absolute atomic E-state index is 12.9. The van der Waals surface area contributed by atoms with Crippen molar-refractivity contribution in [3.05, 3.63) is 16.0 Å². The molecule has 0 unspecified atom stereocenters. The second-order valence-electron chi connectivity index (χ2n) is 7.26. The largest absolute Gasteiger partial charge is 0.462 e. The number of hydrogen-bond donors (Lipinski definition) is 1. The summed E-state index contributed by atoms with van der Waals surface area (Å²) < 4.78 is 10.2. The van der Waals surface area contributed by atoms with Crippen LogP contribution in [0.3, 0.4) is 0 Å². The van der Waals surface area contributed by atoms with Crippen molar-refractivity contribution >= 4 is 34.3 Å². The van der Waals surface area contributed by atoms with E-state index in [1.54, 1.807) is 25.7 Å². The van der Waals surface area contributed by atoms with E-state index in [9.17, 15) is 14.4 Å². The molecule has 2 saturated heterocycles. The fourth-order valence-electron chi connectivity index (χ4n) is 3.95. The maximum Gasteiger partial charge on any atom is 0.348 e. The molecule has 8 nitrogen and oxygen atoms in total. The van der Waals surface area contributed by atoms with Gasteiger partial charge in [-0.3, -0.25) is 10.2 Å². The minimum absolute atomic E-state index is 0.208. The molecular weight excluding hydrogens is 394 g/mol. The average Bonchev–Trinajstić information content (AvgIpc) is 3.42. The highest BCUT2D eigenvalue weighted by Crippen LogP contribution is 2.35. The van der Waals surface area contributed by atoms with Gasteiger partial charge < -0.3 is 14.4 Å². The quantitative estimate of drug-likeness (QED) is 0.708. The Morgan fingerprint density at radius 2 is 1.72 bits per heavy atom. The Morgan fingerprint density at radius 3 is 2.38 bits per heavy atom. The van der Waals surface area contributed by atoms with Crippen molar-refractivity contribution in [1.29, 1.82) is 0 Å². The van der Waals surface area contributed by atoms with Crippen molar-refractivity contribution in [2.45, 2.75) is 46.1 Å². The molecule has 29 heavy (non-hydrogen) atoms. The molecule has 1 atom stereocenters. The number of nitrogens with zero attached hydrogens (tertiary/aromatic N) is 2. The van der Waals surface area contributed by atoms with E-state index in [2.05, 4.69) is 10.2 Å². The van der Waals surface area contributed by atoms with Gasteiger partial charge >= 0.3 is 18.0 Å². The highest BCUT2D eigenvalue weighted by atomic mass is 32.1. The Kier molecular flexibility index (Phi) is 7.13. The summed E-state index contributed by atoms with van der Waals surface area (Å²) in [6.45, 7) is 9.10. The summed E-state index contributed by atoms with van der Waals surface area (Å²) >= 11 is 1.06. The Bertz CT molecular complexity index is 772. The Hall–Kier alpha value is -2.13. The Balaban J connectivity index is 1.76. The third-order valence-electron chi connectivity index (χ3n) is 5.42. The zero-order chi connectivity index (χ0) is 21.0. The lowest BCUT2D eigenvalue weighted by molar-refractivity contribution is 0.0527. The van der Waals surface area contributed by atoms with Crippen LogP contribution in [-0.2, 0) is 9.47 Å². The first-order chi connectivity index (χ1) is 14.0. The summed E-state index contributed by atoms with van der Waals surface area (Å²) in [5.74, 6) is -1.06. The van der Waals surface area contributed by atoms with Crippen molar-refractivity contribution in [3.8, 4) is 0 Å². The average molecular weight is 424 g/mol. The third kappa shape index (κ3) is 4.72. The number of hydrogen-bond acceptors (Lipinski definition) is 7. The second kappa shape index (κ2) is 9.58. The Labute approximate surface area is 175 Å². The van der Waals surface area contributed by atoms with Crippen LogP contribution in [0.2, 0.25) is 0 Å². The molecule has 1 aromatic rings. The van der Waals surface area contributed by atoms with Crippen LogP contribution >= 0.6 is 11.3 Å².